The first-order chi connectivity index (χ1) is 7.19. The molecule has 0 saturated carbocycles. The largest absolute Gasteiger partial charge is 0.310 e. The summed E-state index contributed by atoms with van der Waals surface area (Å²) in [6.07, 6.45) is 6.16. The fourth-order valence-corrected chi connectivity index (χ4v) is 1.85. The molecule has 1 rings (SSSR count). The summed E-state index contributed by atoms with van der Waals surface area (Å²) < 4.78 is 0. The molecule has 15 heavy (non-hydrogen) atoms. The lowest BCUT2D eigenvalue weighted by atomic mass is 9.96. The van der Waals surface area contributed by atoms with E-state index in [0.29, 0.717) is 5.92 Å². The average molecular weight is 207 g/mol. The van der Waals surface area contributed by atoms with Crippen molar-refractivity contribution in [2.75, 3.05) is 7.05 Å². The van der Waals surface area contributed by atoms with Crippen LogP contribution in [0.25, 0.3) is 0 Å². The van der Waals surface area contributed by atoms with Crippen molar-refractivity contribution in [3.8, 4) is 0 Å². The molecule has 0 fully saturated rings. The average Bonchev–Trinajstić information content (AvgIpc) is 2.22. The lowest BCUT2D eigenvalue weighted by molar-refractivity contribution is 0.369. The monoisotopic (exact) mass is 207 g/mol. The van der Waals surface area contributed by atoms with E-state index in [-0.39, 0.29) is 6.04 Å². The summed E-state index contributed by atoms with van der Waals surface area (Å²) in [6, 6.07) is 0.269. The van der Waals surface area contributed by atoms with Gasteiger partial charge in [-0.05, 0) is 31.9 Å². The van der Waals surface area contributed by atoms with Crippen molar-refractivity contribution < 1.29 is 0 Å². The number of rotatable bonds is 5. The molecule has 0 aliphatic carbocycles. The number of nitrogens with zero attached hydrogens (tertiary/aromatic N) is 2. The van der Waals surface area contributed by atoms with Gasteiger partial charge in [-0.15, -0.1) is 0 Å². The van der Waals surface area contributed by atoms with Crippen LogP contribution in [0.5, 0.6) is 0 Å². The van der Waals surface area contributed by atoms with Crippen LogP contribution in [0.15, 0.2) is 12.4 Å². The number of aromatic nitrogens is 2. The summed E-state index contributed by atoms with van der Waals surface area (Å²) >= 11 is 0. The van der Waals surface area contributed by atoms with Crippen molar-refractivity contribution in [3.63, 3.8) is 0 Å². The SMILES string of the molecule is CCCC(C)C(NC)c1ncc(C)cn1. The second kappa shape index (κ2) is 5.81. The fourth-order valence-electron chi connectivity index (χ4n) is 1.85. The fraction of sp³-hybridized carbons (Fsp3) is 0.667. The first kappa shape index (κ1) is 12.1. The van der Waals surface area contributed by atoms with E-state index < -0.39 is 0 Å². The number of hydrogen-bond acceptors (Lipinski definition) is 3. The lowest BCUT2D eigenvalue weighted by Crippen LogP contribution is -2.25. The van der Waals surface area contributed by atoms with Gasteiger partial charge in [0.1, 0.15) is 5.82 Å². The van der Waals surface area contributed by atoms with Crippen molar-refractivity contribution in [3.05, 3.63) is 23.8 Å². The van der Waals surface area contributed by atoms with E-state index in [1.54, 1.807) is 0 Å². The highest BCUT2D eigenvalue weighted by Crippen LogP contribution is 2.22. The molecule has 0 bridgehead atoms. The molecule has 0 spiro atoms. The first-order valence-electron chi connectivity index (χ1n) is 5.64. The highest BCUT2D eigenvalue weighted by molar-refractivity contribution is 5.05. The Hall–Kier alpha value is -0.960. The highest BCUT2D eigenvalue weighted by atomic mass is 15.0. The van der Waals surface area contributed by atoms with Crippen LogP contribution in [-0.4, -0.2) is 17.0 Å². The van der Waals surface area contributed by atoms with Crippen molar-refractivity contribution >= 4 is 0 Å². The van der Waals surface area contributed by atoms with Gasteiger partial charge in [-0.1, -0.05) is 20.3 Å². The van der Waals surface area contributed by atoms with E-state index in [0.717, 1.165) is 11.4 Å². The molecule has 1 aromatic heterocycles. The third-order valence-corrected chi connectivity index (χ3v) is 2.70. The molecule has 1 heterocycles. The Kier molecular flexibility index (Phi) is 4.69. The summed E-state index contributed by atoms with van der Waals surface area (Å²) in [5.41, 5.74) is 1.11. The zero-order valence-electron chi connectivity index (χ0n) is 10.1. The van der Waals surface area contributed by atoms with Crippen LogP contribution in [0, 0.1) is 12.8 Å². The predicted molar refractivity (Wildman–Crippen MR) is 62.6 cm³/mol. The molecule has 0 aliphatic heterocycles. The molecule has 3 heteroatoms. The van der Waals surface area contributed by atoms with E-state index in [4.69, 9.17) is 0 Å². The molecule has 84 valence electrons. The van der Waals surface area contributed by atoms with Gasteiger partial charge in [0, 0.05) is 12.4 Å². The lowest BCUT2D eigenvalue weighted by Gasteiger charge is -2.21. The van der Waals surface area contributed by atoms with Gasteiger partial charge in [0.05, 0.1) is 6.04 Å². The standard InChI is InChI=1S/C12H21N3/c1-5-6-10(3)11(13-4)12-14-7-9(2)8-15-12/h7-8,10-11,13H,5-6H2,1-4H3. The molecule has 0 aromatic carbocycles. The smallest absolute Gasteiger partial charge is 0.145 e. The normalized spacial score (nSPS) is 14.9. The molecule has 0 radical (unpaired) electrons. The van der Waals surface area contributed by atoms with Crippen LogP contribution in [0.3, 0.4) is 0 Å². The molecular formula is C12H21N3. The van der Waals surface area contributed by atoms with E-state index >= 15 is 0 Å². The quantitative estimate of drug-likeness (QED) is 0.806. The Labute approximate surface area is 92.3 Å². The van der Waals surface area contributed by atoms with Crippen molar-refractivity contribution in [1.82, 2.24) is 15.3 Å². The third-order valence-electron chi connectivity index (χ3n) is 2.70. The Morgan fingerprint density at radius 3 is 2.40 bits per heavy atom. The minimum absolute atomic E-state index is 0.269. The maximum absolute atomic E-state index is 4.38. The Balaban J connectivity index is 2.77. The molecule has 0 saturated heterocycles. The molecule has 1 N–H and O–H groups in total. The highest BCUT2D eigenvalue weighted by Gasteiger charge is 2.18. The van der Waals surface area contributed by atoms with Crippen LogP contribution in [0.4, 0.5) is 0 Å². The van der Waals surface area contributed by atoms with Crippen LogP contribution in [0.1, 0.15) is 44.1 Å². The van der Waals surface area contributed by atoms with Crippen LogP contribution in [-0.2, 0) is 0 Å². The summed E-state index contributed by atoms with van der Waals surface area (Å²) in [6.45, 7) is 6.46. The number of nitrogens with one attached hydrogen (secondary N) is 1. The van der Waals surface area contributed by atoms with Crippen molar-refractivity contribution in [1.29, 1.82) is 0 Å². The first-order valence-corrected chi connectivity index (χ1v) is 5.64. The van der Waals surface area contributed by atoms with Gasteiger partial charge < -0.3 is 5.32 Å². The van der Waals surface area contributed by atoms with Gasteiger partial charge >= 0.3 is 0 Å². The van der Waals surface area contributed by atoms with Gasteiger partial charge in [0.25, 0.3) is 0 Å². The van der Waals surface area contributed by atoms with Crippen LogP contribution in [0.2, 0.25) is 0 Å². The molecule has 3 nitrogen and oxygen atoms in total. The number of hydrogen-bond donors (Lipinski definition) is 1. The van der Waals surface area contributed by atoms with Crippen molar-refractivity contribution in [2.24, 2.45) is 5.92 Å². The Morgan fingerprint density at radius 1 is 1.33 bits per heavy atom. The van der Waals surface area contributed by atoms with Gasteiger partial charge in [-0.25, -0.2) is 9.97 Å². The van der Waals surface area contributed by atoms with Crippen LogP contribution >= 0.6 is 0 Å². The van der Waals surface area contributed by atoms with Gasteiger partial charge in [-0.2, -0.15) is 0 Å². The number of aryl methyl sites for hydroxylation is 1. The molecular weight excluding hydrogens is 186 g/mol. The predicted octanol–water partition coefficient (Wildman–Crippen LogP) is 2.48. The van der Waals surface area contributed by atoms with E-state index in [2.05, 4.69) is 29.1 Å². The van der Waals surface area contributed by atoms with Crippen LogP contribution < -0.4 is 5.32 Å². The van der Waals surface area contributed by atoms with E-state index in [9.17, 15) is 0 Å². The molecule has 0 amide bonds. The minimum Gasteiger partial charge on any atom is -0.310 e. The second-order valence-electron chi connectivity index (χ2n) is 4.15. The van der Waals surface area contributed by atoms with E-state index in [1.807, 2.05) is 26.4 Å². The van der Waals surface area contributed by atoms with Gasteiger partial charge in [-0.3, -0.25) is 0 Å². The Bertz CT molecular complexity index is 281. The van der Waals surface area contributed by atoms with Gasteiger partial charge in [0.15, 0.2) is 0 Å². The molecule has 1 aromatic rings. The maximum Gasteiger partial charge on any atom is 0.145 e. The summed E-state index contributed by atoms with van der Waals surface area (Å²) in [5, 5.41) is 3.30. The van der Waals surface area contributed by atoms with Gasteiger partial charge in [0.2, 0.25) is 0 Å². The third kappa shape index (κ3) is 3.27. The summed E-state index contributed by atoms with van der Waals surface area (Å²) in [5.74, 6) is 1.48. The maximum atomic E-state index is 4.38. The zero-order chi connectivity index (χ0) is 11.3. The van der Waals surface area contributed by atoms with E-state index in [1.165, 1.54) is 12.8 Å². The second-order valence-corrected chi connectivity index (χ2v) is 4.15. The summed E-state index contributed by atoms with van der Waals surface area (Å²) in [4.78, 5) is 8.76. The topological polar surface area (TPSA) is 37.8 Å². The minimum atomic E-state index is 0.269. The molecule has 2 unspecified atom stereocenters. The molecule has 2 atom stereocenters. The molecule has 0 aliphatic rings. The van der Waals surface area contributed by atoms with Crippen molar-refractivity contribution in [2.45, 2.75) is 39.7 Å². The summed E-state index contributed by atoms with van der Waals surface area (Å²) in [7, 11) is 1.97. The Morgan fingerprint density at radius 2 is 1.93 bits per heavy atom. The zero-order valence-corrected chi connectivity index (χ0v) is 10.1.